The first kappa shape index (κ1) is 14.5. The van der Waals surface area contributed by atoms with E-state index in [9.17, 15) is 4.79 Å². The lowest BCUT2D eigenvalue weighted by atomic mass is 10.3. The molecule has 0 radical (unpaired) electrons. The first-order valence-corrected chi connectivity index (χ1v) is 6.50. The van der Waals surface area contributed by atoms with Crippen LogP contribution in [0.1, 0.15) is 26.7 Å². The van der Waals surface area contributed by atoms with E-state index in [1.807, 2.05) is 24.3 Å². The second kappa shape index (κ2) is 8.53. The summed E-state index contributed by atoms with van der Waals surface area (Å²) in [6, 6.07) is 7.50. The number of carbonyl (C=O) groups excluding carboxylic acids is 1. The van der Waals surface area contributed by atoms with Crippen LogP contribution in [-0.2, 0) is 4.79 Å². The highest BCUT2D eigenvalue weighted by atomic mass is 16.5. The van der Waals surface area contributed by atoms with Gasteiger partial charge >= 0.3 is 0 Å². The molecule has 0 aliphatic carbocycles. The van der Waals surface area contributed by atoms with Gasteiger partial charge in [0.25, 0.3) is 0 Å². The van der Waals surface area contributed by atoms with Crippen LogP contribution >= 0.6 is 0 Å². The summed E-state index contributed by atoms with van der Waals surface area (Å²) in [6.45, 7) is 5.95. The van der Waals surface area contributed by atoms with Crippen LogP contribution in [0.3, 0.4) is 0 Å². The van der Waals surface area contributed by atoms with Crippen molar-refractivity contribution in [3.8, 4) is 5.75 Å². The zero-order valence-corrected chi connectivity index (χ0v) is 11.2. The predicted molar refractivity (Wildman–Crippen MR) is 74.0 cm³/mol. The molecule has 0 bridgehead atoms. The second-order valence-corrected chi connectivity index (χ2v) is 4.07. The number of hydrogen-bond acceptors (Lipinski definition) is 3. The molecule has 0 atom stereocenters. The minimum Gasteiger partial charge on any atom is -0.491 e. The predicted octanol–water partition coefficient (Wildman–Crippen LogP) is 2.41. The largest absolute Gasteiger partial charge is 0.491 e. The van der Waals surface area contributed by atoms with Gasteiger partial charge in [0.05, 0.1) is 18.8 Å². The molecule has 2 N–H and O–H groups in total. The summed E-state index contributed by atoms with van der Waals surface area (Å²) in [5.41, 5.74) is 0.731. The lowest BCUT2D eigenvalue weighted by Gasteiger charge is -2.12. The van der Waals surface area contributed by atoms with Gasteiger partial charge < -0.3 is 15.4 Å². The van der Waals surface area contributed by atoms with Crippen LogP contribution in [0.4, 0.5) is 5.69 Å². The number of benzene rings is 1. The van der Waals surface area contributed by atoms with Crippen LogP contribution in [0.2, 0.25) is 0 Å². The van der Waals surface area contributed by atoms with E-state index in [1.165, 1.54) is 0 Å². The van der Waals surface area contributed by atoms with Crippen molar-refractivity contribution >= 4 is 11.6 Å². The molecule has 18 heavy (non-hydrogen) atoms. The van der Waals surface area contributed by atoms with Crippen LogP contribution in [0.5, 0.6) is 5.75 Å². The van der Waals surface area contributed by atoms with E-state index in [0.717, 1.165) is 30.8 Å². The summed E-state index contributed by atoms with van der Waals surface area (Å²) in [7, 11) is 0. The highest BCUT2D eigenvalue weighted by Crippen LogP contribution is 2.23. The van der Waals surface area contributed by atoms with Gasteiger partial charge in [0.1, 0.15) is 5.75 Å². The third-order valence-corrected chi connectivity index (χ3v) is 2.34. The van der Waals surface area contributed by atoms with Gasteiger partial charge in [-0.25, -0.2) is 0 Å². The Morgan fingerprint density at radius 2 is 2.00 bits per heavy atom. The molecular formula is C14H22N2O2. The van der Waals surface area contributed by atoms with E-state index in [0.29, 0.717) is 13.2 Å². The Labute approximate surface area is 109 Å². The van der Waals surface area contributed by atoms with Gasteiger partial charge in [-0.2, -0.15) is 0 Å². The molecule has 1 aromatic rings. The standard InChI is InChI=1S/C14H22N2O2/c1-3-9-15-11-14(17)16-12-7-5-6-8-13(12)18-10-4-2/h5-8,15H,3-4,9-11H2,1-2H3,(H,16,17). The fourth-order valence-electron chi connectivity index (χ4n) is 1.48. The number of ether oxygens (including phenoxy) is 1. The maximum Gasteiger partial charge on any atom is 0.238 e. The minimum atomic E-state index is -0.0454. The second-order valence-electron chi connectivity index (χ2n) is 4.07. The van der Waals surface area contributed by atoms with E-state index in [4.69, 9.17) is 4.74 Å². The van der Waals surface area contributed by atoms with Crippen LogP contribution in [0.25, 0.3) is 0 Å². The van der Waals surface area contributed by atoms with Gasteiger partial charge in [0.15, 0.2) is 0 Å². The van der Waals surface area contributed by atoms with Crippen LogP contribution < -0.4 is 15.4 Å². The normalized spacial score (nSPS) is 10.1. The number of hydrogen-bond donors (Lipinski definition) is 2. The Kier molecular flexibility index (Phi) is 6.87. The zero-order chi connectivity index (χ0) is 13.2. The Hall–Kier alpha value is -1.55. The van der Waals surface area contributed by atoms with Crippen molar-refractivity contribution < 1.29 is 9.53 Å². The highest BCUT2D eigenvalue weighted by molar-refractivity contribution is 5.93. The zero-order valence-electron chi connectivity index (χ0n) is 11.2. The highest BCUT2D eigenvalue weighted by Gasteiger charge is 2.06. The number of anilines is 1. The van der Waals surface area contributed by atoms with Crippen LogP contribution in [-0.4, -0.2) is 25.6 Å². The lowest BCUT2D eigenvalue weighted by molar-refractivity contribution is -0.115. The summed E-state index contributed by atoms with van der Waals surface area (Å²) >= 11 is 0. The van der Waals surface area contributed by atoms with Gasteiger partial charge in [-0.1, -0.05) is 26.0 Å². The van der Waals surface area contributed by atoms with Crippen LogP contribution in [0, 0.1) is 0 Å². The number of rotatable bonds is 8. The van der Waals surface area contributed by atoms with Gasteiger partial charge in [0.2, 0.25) is 5.91 Å². The third kappa shape index (κ3) is 5.19. The molecule has 0 fully saturated rings. The van der Waals surface area contributed by atoms with Gasteiger partial charge in [-0.15, -0.1) is 0 Å². The summed E-state index contributed by atoms with van der Waals surface area (Å²) in [6.07, 6.45) is 1.96. The van der Waals surface area contributed by atoms with Crippen molar-refractivity contribution in [2.24, 2.45) is 0 Å². The van der Waals surface area contributed by atoms with Gasteiger partial charge in [-0.05, 0) is 31.5 Å². The molecule has 1 aromatic carbocycles. The monoisotopic (exact) mass is 250 g/mol. The van der Waals surface area contributed by atoms with E-state index in [-0.39, 0.29) is 5.91 Å². The summed E-state index contributed by atoms with van der Waals surface area (Å²) in [5.74, 6) is 0.680. The average molecular weight is 250 g/mol. The van der Waals surface area contributed by atoms with Crippen molar-refractivity contribution in [2.45, 2.75) is 26.7 Å². The Bertz CT molecular complexity index is 367. The van der Waals surface area contributed by atoms with Crippen molar-refractivity contribution in [3.63, 3.8) is 0 Å². The molecule has 0 aliphatic rings. The fourth-order valence-corrected chi connectivity index (χ4v) is 1.48. The van der Waals surface area contributed by atoms with Crippen LogP contribution in [0.15, 0.2) is 24.3 Å². The maximum atomic E-state index is 11.7. The SMILES string of the molecule is CCCNCC(=O)Nc1ccccc1OCCC. The summed E-state index contributed by atoms with van der Waals surface area (Å²) in [5, 5.41) is 5.92. The van der Waals surface area contributed by atoms with Gasteiger partial charge in [0, 0.05) is 0 Å². The van der Waals surface area contributed by atoms with Gasteiger partial charge in [-0.3, -0.25) is 4.79 Å². The van der Waals surface area contributed by atoms with Crippen molar-refractivity contribution in [1.82, 2.24) is 5.32 Å². The first-order chi connectivity index (χ1) is 8.77. The van der Waals surface area contributed by atoms with E-state index in [1.54, 1.807) is 0 Å². The van der Waals surface area contributed by atoms with E-state index < -0.39 is 0 Å². The van der Waals surface area contributed by atoms with Crippen molar-refractivity contribution in [2.75, 3.05) is 25.0 Å². The van der Waals surface area contributed by atoms with Crippen molar-refractivity contribution in [3.05, 3.63) is 24.3 Å². The first-order valence-electron chi connectivity index (χ1n) is 6.50. The molecule has 0 aliphatic heterocycles. The molecule has 100 valence electrons. The molecule has 0 unspecified atom stereocenters. The quantitative estimate of drug-likeness (QED) is 0.697. The Morgan fingerprint density at radius 3 is 2.72 bits per heavy atom. The number of nitrogens with one attached hydrogen (secondary N) is 2. The maximum absolute atomic E-state index is 11.7. The number of amides is 1. The summed E-state index contributed by atoms with van der Waals surface area (Å²) < 4.78 is 5.58. The Morgan fingerprint density at radius 1 is 1.22 bits per heavy atom. The number of carbonyl (C=O) groups is 1. The average Bonchev–Trinajstić information content (AvgIpc) is 2.38. The molecule has 4 heteroatoms. The molecule has 1 amide bonds. The third-order valence-electron chi connectivity index (χ3n) is 2.34. The fraction of sp³-hybridized carbons (Fsp3) is 0.500. The molecule has 1 rings (SSSR count). The van der Waals surface area contributed by atoms with Crippen molar-refractivity contribution in [1.29, 1.82) is 0 Å². The summed E-state index contributed by atoms with van der Waals surface area (Å²) in [4.78, 5) is 11.7. The number of para-hydroxylation sites is 2. The van der Waals surface area contributed by atoms with E-state index >= 15 is 0 Å². The van der Waals surface area contributed by atoms with E-state index in [2.05, 4.69) is 24.5 Å². The molecule has 0 saturated carbocycles. The topological polar surface area (TPSA) is 50.4 Å². The molecule has 4 nitrogen and oxygen atoms in total. The Balaban J connectivity index is 2.51. The lowest BCUT2D eigenvalue weighted by Crippen LogP contribution is -2.28. The molecule has 0 saturated heterocycles. The molecular weight excluding hydrogens is 228 g/mol. The smallest absolute Gasteiger partial charge is 0.238 e. The minimum absolute atomic E-state index is 0.0454. The molecule has 0 spiro atoms. The molecule has 0 heterocycles. The molecule has 0 aromatic heterocycles.